The minimum atomic E-state index is -0.591. The quantitative estimate of drug-likeness (QED) is 0.619. The van der Waals surface area contributed by atoms with Gasteiger partial charge in [0.1, 0.15) is 0 Å². The van der Waals surface area contributed by atoms with Crippen LogP contribution in [0, 0.1) is 10.1 Å². The van der Waals surface area contributed by atoms with E-state index in [1.165, 1.54) is 29.5 Å². The summed E-state index contributed by atoms with van der Waals surface area (Å²) in [4.78, 5) is 28.0. The third kappa shape index (κ3) is 4.02. The average molecular weight is 389 g/mol. The van der Waals surface area contributed by atoms with E-state index in [0.717, 1.165) is 29.8 Å². The minimum Gasteiger partial charge on any atom is -0.327 e. The third-order valence-corrected chi connectivity index (χ3v) is 4.81. The standard InChI is InChI=1S/C14H13ClN4O3S.ClH/c15-8-3-7(4-10(5-8)19(21)22)13(20)18-14-17-11-2-1-9(16)6-12(11)23-14;/h3-5,9H,1-2,6,16H2,(H,17,18,20);1H/t9-;/m0./s1. The van der Waals surface area contributed by atoms with Crippen molar-refractivity contribution >= 4 is 52.1 Å². The highest BCUT2D eigenvalue weighted by Gasteiger charge is 2.21. The molecule has 0 unspecified atom stereocenters. The number of hydrogen-bond donors (Lipinski definition) is 2. The summed E-state index contributed by atoms with van der Waals surface area (Å²) in [5.41, 5.74) is 6.78. The zero-order chi connectivity index (χ0) is 16.6. The number of nitro groups is 1. The number of amides is 1. The number of nitrogens with two attached hydrogens (primary N) is 1. The molecular formula is C14H14Cl2N4O3S. The monoisotopic (exact) mass is 388 g/mol. The van der Waals surface area contributed by atoms with Gasteiger partial charge in [-0.05, 0) is 25.3 Å². The molecule has 3 rings (SSSR count). The number of non-ortho nitro benzene ring substituents is 1. The van der Waals surface area contributed by atoms with E-state index in [9.17, 15) is 14.9 Å². The predicted octanol–water partition coefficient (Wildman–Crippen LogP) is 3.19. The number of rotatable bonds is 3. The number of nitrogens with zero attached hydrogens (tertiary/aromatic N) is 2. The van der Waals surface area contributed by atoms with Gasteiger partial charge in [-0.3, -0.25) is 20.2 Å². The maximum atomic E-state index is 12.3. The van der Waals surface area contributed by atoms with E-state index in [1.54, 1.807) is 0 Å². The molecule has 0 fully saturated rings. The lowest BCUT2D eigenvalue weighted by atomic mass is 9.99. The Morgan fingerprint density at radius 2 is 2.21 bits per heavy atom. The van der Waals surface area contributed by atoms with Crippen LogP contribution in [0.5, 0.6) is 0 Å². The van der Waals surface area contributed by atoms with Gasteiger partial charge in [-0.2, -0.15) is 0 Å². The van der Waals surface area contributed by atoms with E-state index in [-0.39, 0.29) is 34.7 Å². The number of hydrogen-bond acceptors (Lipinski definition) is 6. The largest absolute Gasteiger partial charge is 0.327 e. The van der Waals surface area contributed by atoms with Crippen molar-refractivity contribution in [3.8, 4) is 0 Å². The van der Waals surface area contributed by atoms with Crippen LogP contribution in [-0.4, -0.2) is 21.9 Å². The number of fused-ring (bicyclic) bond motifs is 1. The summed E-state index contributed by atoms with van der Waals surface area (Å²) in [6.45, 7) is 0. The molecule has 0 bridgehead atoms. The van der Waals surface area contributed by atoms with E-state index in [1.807, 2.05) is 0 Å². The number of aromatic nitrogens is 1. The molecule has 1 aromatic carbocycles. The first-order valence-corrected chi connectivity index (χ1v) is 8.12. The maximum Gasteiger partial charge on any atom is 0.271 e. The number of aryl methyl sites for hydroxylation is 1. The lowest BCUT2D eigenvalue weighted by molar-refractivity contribution is -0.384. The molecule has 1 aliphatic rings. The first kappa shape index (κ1) is 18.6. The summed E-state index contributed by atoms with van der Waals surface area (Å²) in [5, 5.41) is 14.1. The molecule has 2 aromatic rings. The van der Waals surface area contributed by atoms with Crippen molar-refractivity contribution in [2.24, 2.45) is 5.73 Å². The fraction of sp³-hybridized carbons (Fsp3) is 0.286. The molecule has 10 heteroatoms. The highest BCUT2D eigenvalue weighted by Crippen LogP contribution is 2.30. The molecule has 7 nitrogen and oxygen atoms in total. The molecule has 0 aliphatic heterocycles. The molecule has 0 radical (unpaired) electrons. The van der Waals surface area contributed by atoms with Crippen molar-refractivity contribution in [1.29, 1.82) is 0 Å². The van der Waals surface area contributed by atoms with Crippen molar-refractivity contribution in [2.45, 2.75) is 25.3 Å². The molecule has 1 aromatic heterocycles. The molecular weight excluding hydrogens is 375 g/mol. The Morgan fingerprint density at radius 1 is 1.46 bits per heavy atom. The second kappa shape index (κ2) is 7.43. The Hall–Kier alpha value is -1.74. The SMILES string of the molecule is Cl.N[C@H]1CCc2nc(NC(=O)c3cc(Cl)cc([N+](=O)[O-])c3)sc2C1. The molecule has 1 atom stereocenters. The second-order valence-corrected chi connectivity index (χ2v) is 6.82. The molecule has 1 aliphatic carbocycles. The van der Waals surface area contributed by atoms with Crippen LogP contribution in [-0.2, 0) is 12.8 Å². The Bertz CT molecular complexity index is 796. The van der Waals surface area contributed by atoms with Crippen LogP contribution < -0.4 is 11.1 Å². The van der Waals surface area contributed by atoms with E-state index in [2.05, 4.69) is 10.3 Å². The fourth-order valence-electron chi connectivity index (χ4n) is 2.43. The Morgan fingerprint density at radius 3 is 2.92 bits per heavy atom. The van der Waals surface area contributed by atoms with Gasteiger partial charge >= 0.3 is 0 Å². The molecule has 24 heavy (non-hydrogen) atoms. The normalized spacial score (nSPS) is 16.0. The van der Waals surface area contributed by atoms with Gasteiger partial charge in [0.2, 0.25) is 0 Å². The minimum absolute atomic E-state index is 0. The number of nitrogens with one attached hydrogen (secondary N) is 1. The lowest BCUT2D eigenvalue weighted by Gasteiger charge is -2.15. The van der Waals surface area contributed by atoms with E-state index in [0.29, 0.717) is 5.13 Å². The maximum absolute atomic E-state index is 12.3. The van der Waals surface area contributed by atoms with Crippen molar-refractivity contribution in [3.05, 3.63) is 49.5 Å². The van der Waals surface area contributed by atoms with Crippen LogP contribution in [0.15, 0.2) is 18.2 Å². The zero-order valence-corrected chi connectivity index (χ0v) is 14.7. The number of carbonyl (C=O) groups excluding carboxylic acids is 1. The first-order chi connectivity index (χ1) is 10.9. The smallest absolute Gasteiger partial charge is 0.271 e. The van der Waals surface area contributed by atoms with Gasteiger partial charge in [0.25, 0.3) is 11.6 Å². The molecule has 0 spiro atoms. The number of nitro benzene ring substituents is 1. The number of carbonyl (C=O) groups is 1. The molecule has 3 N–H and O–H groups in total. The van der Waals surface area contributed by atoms with Gasteiger partial charge in [0.15, 0.2) is 5.13 Å². The fourth-order valence-corrected chi connectivity index (χ4v) is 3.76. The number of thiazole rings is 1. The number of halogens is 2. The van der Waals surface area contributed by atoms with Crippen molar-refractivity contribution in [1.82, 2.24) is 4.98 Å². The summed E-state index contributed by atoms with van der Waals surface area (Å²) in [6, 6.07) is 3.89. The van der Waals surface area contributed by atoms with Crippen LogP contribution in [0.3, 0.4) is 0 Å². The van der Waals surface area contributed by atoms with Crippen LogP contribution in [0.1, 0.15) is 27.3 Å². The van der Waals surface area contributed by atoms with E-state index < -0.39 is 10.8 Å². The topological polar surface area (TPSA) is 111 Å². The average Bonchev–Trinajstić information content (AvgIpc) is 2.87. The molecule has 128 valence electrons. The lowest BCUT2D eigenvalue weighted by Crippen LogP contribution is -2.27. The van der Waals surface area contributed by atoms with Gasteiger partial charge in [-0.15, -0.1) is 23.7 Å². The van der Waals surface area contributed by atoms with Gasteiger partial charge < -0.3 is 5.73 Å². The third-order valence-electron chi connectivity index (χ3n) is 3.55. The molecule has 0 saturated heterocycles. The van der Waals surface area contributed by atoms with Gasteiger partial charge in [0, 0.05) is 33.6 Å². The van der Waals surface area contributed by atoms with Crippen LogP contribution in [0.25, 0.3) is 0 Å². The zero-order valence-electron chi connectivity index (χ0n) is 12.3. The molecule has 1 amide bonds. The summed E-state index contributed by atoms with van der Waals surface area (Å²) in [7, 11) is 0. The Kier molecular flexibility index (Phi) is 5.76. The van der Waals surface area contributed by atoms with E-state index >= 15 is 0 Å². The van der Waals surface area contributed by atoms with E-state index in [4.69, 9.17) is 17.3 Å². The highest BCUT2D eigenvalue weighted by atomic mass is 35.5. The molecule has 0 saturated carbocycles. The summed E-state index contributed by atoms with van der Waals surface area (Å²) in [6.07, 6.45) is 2.43. The van der Waals surface area contributed by atoms with Crippen molar-refractivity contribution in [2.75, 3.05) is 5.32 Å². The van der Waals surface area contributed by atoms with Crippen LogP contribution in [0.4, 0.5) is 10.8 Å². The van der Waals surface area contributed by atoms with Gasteiger partial charge in [-0.1, -0.05) is 11.6 Å². The van der Waals surface area contributed by atoms with Gasteiger partial charge in [-0.25, -0.2) is 4.98 Å². The van der Waals surface area contributed by atoms with Crippen molar-refractivity contribution in [3.63, 3.8) is 0 Å². The highest BCUT2D eigenvalue weighted by molar-refractivity contribution is 7.15. The number of anilines is 1. The number of benzene rings is 1. The first-order valence-electron chi connectivity index (χ1n) is 6.93. The molecule has 1 heterocycles. The Labute approximate surface area is 152 Å². The summed E-state index contributed by atoms with van der Waals surface area (Å²) in [5.74, 6) is -0.481. The Balaban J connectivity index is 0.00000208. The second-order valence-electron chi connectivity index (χ2n) is 5.30. The predicted molar refractivity (Wildman–Crippen MR) is 95.4 cm³/mol. The van der Waals surface area contributed by atoms with Crippen LogP contribution >= 0.6 is 35.3 Å². The summed E-state index contributed by atoms with van der Waals surface area (Å²) >= 11 is 7.22. The summed E-state index contributed by atoms with van der Waals surface area (Å²) < 4.78 is 0. The van der Waals surface area contributed by atoms with Crippen LogP contribution in [0.2, 0.25) is 5.02 Å². The van der Waals surface area contributed by atoms with Gasteiger partial charge in [0.05, 0.1) is 10.6 Å². The van der Waals surface area contributed by atoms with Crippen molar-refractivity contribution < 1.29 is 9.72 Å².